The second-order valence-electron chi connectivity index (χ2n) is 4.64. The van der Waals surface area contributed by atoms with Crippen molar-refractivity contribution in [3.63, 3.8) is 0 Å². The number of carbonyl (C=O) groups is 1. The zero-order chi connectivity index (χ0) is 12.3. The lowest BCUT2D eigenvalue weighted by atomic mass is 9.94. The molecule has 0 bridgehead atoms. The summed E-state index contributed by atoms with van der Waals surface area (Å²) in [6, 6.07) is 8.41. The second kappa shape index (κ2) is 5.28. The van der Waals surface area contributed by atoms with Crippen LogP contribution in [0.5, 0.6) is 0 Å². The highest BCUT2D eigenvalue weighted by Gasteiger charge is 2.11. The number of hydrogen-bond donors (Lipinski definition) is 1. The van der Waals surface area contributed by atoms with Gasteiger partial charge >= 0.3 is 0 Å². The second-order valence-corrected chi connectivity index (χ2v) is 4.64. The molecule has 0 saturated heterocycles. The smallest absolute Gasteiger partial charge is 0.136 e. The minimum atomic E-state index is 0.00560. The average molecular weight is 229 g/mol. The Morgan fingerprint density at radius 1 is 1.29 bits per heavy atom. The summed E-state index contributed by atoms with van der Waals surface area (Å²) >= 11 is 0. The van der Waals surface area contributed by atoms with Gasteiger partial charge in [0.05, 0.1) is 0 Å². The van der Waals surface area contributed by atoms with Gasteiger partial charge in [0.2, 0.25) is 0 Å². The third kappa shape index (κ3) is 2.83. The van der Waals surface area contributed by atoms with E-state index in [9.17, 15) is 4.79 Å². The predicted molar refractivity (Wildman–Crippen MR) is 71.0 cm³/mol. The molecule has 1 heterocycles. The van der Waals surface area contributed by atoms with Crippen molar-refractivity contribution in [2.75, 3.05) is 13.1 Å². The van der Waals surface area contributed by atoms with E-state index in [0.29, 0.717) is 0 Å². The van der Waals surface area contributed by atoms with Crippen LogP contribution in [0.3, 0.4) is 0 Å². The number of Topliss-reactive ketones (excluding diaryl/α,β-unsaturated/α-hetero) is 1. The third-order valence-corrected chi connectivity index (χ3v) is 3.46. The largest absolute Gasteiger partial charge is 0.313 e. The molecule has 1 aromatic carbocycles. The summed E-state index contributed by atoms with van der Waals surface area (Å²) in [5, 5.41) is 3.31. The lowest BCUT2D eigenvalue weighted by molar-refractivity contribution is -0.118. The first kappa shape index (κ1) is 12.1. The van der Waals surface area contributed by atoms with E-state index in [2.05, 4.69) is 35.7 Å². The zero-order valence-corrected chi connectivity index (χ0v) is 10.5. The molecule has 1 aliphatic heterocycles. The van der Waals surface area contributed by atoms with Crippen LogP contribution >= 0.6 is 0 Å². The first-order chi connectivity index (χ1) is 8.18. The van der Waals surface area contributed by atoms with E-state index in [4.69, 9.17) is 0 Å². The van der Waals surface area contributed by atoms with Gasteiger partial charge < -0.3 is 5.32 Å². The van der Waals surface area contributed by atoms with Crippen LogP contribution in [0.4, 0.5) is 0 Å². The Morgan fingerprint density at radius 3 is 2.53 bits per heavy atom. The van der Waals surface area contributed by atoms with E-state index in [1.165, 1.54) is 11.1 Å². The Labute approximate surface area is 103 Å². The Hall–Kier alpha value is -1.41. The lowest BCUT2D eigenvalue weighted by Gasteiger charge is -2.15. The minimum absolute atomic E-state index is 0.00560. The van der Waals surface area contributed by atoms with Crippen molar-refractivity contribution in [1.82, 2.24) is 5.32 Å². The molecular weight excluding hydrogens is 210 g/mol. The topological polar surface area (TPSA) is 29.1 Å². The molecule has 1 atom stereocenters. The number of rotatable bonds is 3. The molecule has 1 N–H and O–H groups in total. The Bertz CT molecular complexity index is 431. The molecule has 2 nitrogen and oxygen atoms in total. The van der Waals surface area contributed by atoms with Crippen LogP contribution in [0.15, 0.2) is 30.3 Å². The van der Waals surface area contributed by atoms with Gasteiger partial charge in [0, 0.05) is 12.5 Å². The normalized spacial score (nSPS) is 17.4. The van der Waals surface area contributed by atoms with Crippen molar-refractivity contribution < 1.29 is 4.79 Å². The molecule has 0 aromatic heterocycles. The minimum Gasteiger partial charge on any atom is -0.313 e. The maximum Gasteiger partial charge on any atom is 0.136 e. The molecule has 1 aromatic rings. The fraction of sp³-hybridized carbons (Fsp3) is 0.400. The lowest BCUT2D eigenvalue weighted by Crippen LogP contribution is -2.20. The molecule has 0 aliphatic carbocycles. The summed E-state index contributed by atoms with van der Waals surface area (Å²) in [5.74, 6) is 0.227. The summed E-state index contributed by atoms with van der Waals surface area (Å²) < 4.78 is 0. The van der Waals surface area contributed by atoms with Crippen LogP contribution in [0.25, 0.3) is 5.57 Å². The van der Waals surface area contributed by atoms with E-state index < -0.39 is 0 Å². The van der Waals surface area contributed by atoms with Crippen molar-refractivity contribution in [3.8, 4) is 0 Å². The Balaban J connectivity index is 2.18. The molecule has 17 heavy (non-hydrogen) atoms. The van der Waals surface area contributed by atoms with Crippen molar-refractivity contribution >= 4 is 11.4 Å². The van der Waals surface area contributed by atoms with E-state index in [1.54, 1.807) is 6.92 Å². The van der Waals surface area contributed by atoms with Crippen LogP contribution in [0.1, 0.15) is 37.3 Å². The van der Waals surface area contributed by atoms with Gasteiger partial charge in [-0.05, 0) is 36.6 Å². The summed E-state index contributed by atoms with van der Waals surface area (Å²) in [6.07, 6.45) is 3.33. The zero-order valence-electron chi connectivity index (χ0n) is 10.5. The Kier molecular flexibility index (Phi) is 3.75. The highest BCUT2D eigenvalue weighted by Crippen LogP contribution is 2.23. The molecule has 2 rings (SSSR count). The van der Waals surface area contributed by atoms with Gasteiger partial charge in [-0.3, -0.25) is 4.79 Å². The molecule has 0 unspecified atom stereocenters. The summed E-state index contributed by atoms with van der Waals surface area (Å²) in [5.41, 5.74) is 3.80. The van der Waals surface area contributed by atoms with Crippen molar-refractivity contribution in [1.29, 1.82) is 0 Å². The average Bonchev–Trinajstić information content (AvgIpc) is 2.39. The Morgan fingerprint density at radius 2 is 2.00 bits per heavy atom. The van der Waals surface area contributed by atoms with Gasteiger partial charge in [-0.25, -0.2) is 0 Å². The fourth-order valence-corrected chi connectivity index (χ4v) is 2.11. The number of carbonyl (C=O) groups excluding carboxylic acids is 1. The maximum atomic E-state index is 11.3. The van der Waals surface area contributed by atoms with E-state index in [1.807, 2.05) is 6.92 Å². The molecule has 0 spiro atoms. The van der Waals surface area contributed by atoms with Crippen LogP contribution in [-0.4, -0.2) is 18.9 Å². The third-order valence-electron chi connectivity index (χ3n) is 3.46. The van der Waals surface area contributed by atoms with Crippen molar-refractivity contribution in [2.24, 2.45) is 0 Å². The molecule has 0 saturated carbocycles. The summed E-state index contributed by atoms with van der Waals surface area (Å²) in [6.45, 7) is 5.62. The first-order valence-electron chi connectivity index (χ1n) is 6.19. The van der Waals surface area contributed by atoms with Gasteiger partial charge in [0.1, 0.15) is 5.78 Å². The number of nitrogens with one attached hydrogen (secondary N) is 1. The number of hydrogen-bond acceptors (Lipinski definition) is 2. The summed E-state index contributed by atoms with van der Waals surface area (Å²) in [7, 11) is 0. The molecule has 2 heteroatoms. The molecule has 0 fully saturated rings. The van der Waals surface area contributed by atoms with E-state index >= 15 is 0 Å². The van der Waals surface area contributed by atoms with Crippen LogP contribution in [0, 0.1) is 0 Å². The monoisotopic (exact) mass is 229 g/mol. The number of benzene rings is 1. The number of ketones is 1. The fourth-order valence-electron chi connectivity index (χ4n) is 2.11. The molecule has 1 aliphatic rings. The summed E-state index contributed by atoms with van der Waals surface area (Å²) in [4.78, 5) is 11.3. The van der Waals surface area contributed by atoms with Crippen LogP contribution in [0.2, 0.25) is 0 Å². The standard InChI is InChI=1S/C15H19NO/c1-11(12(2)17)13-3-5-14(6-4-13)15-7-9-16-10-8-15/h3-7,11,16H,8-10H2,1-2H3/t11-/m1/s1. The maximum absolute atomic E-state index is 11.3. The highest BCUT2D eigenvalue weighted by molar-refractivity contribution is 5.83. The van der Waals surface area contributed by atoms with Crippen molar-refractivity contribution in [2.45, 2.75) is 26.2 Å². The molecule has 0 radical (unpaired) electrons. The first-order valence-corrected chi connectivity index (χ1v) is 6.19. The van der Waals surface area contributed by atoms with Crippen molar-refractivity contribution in [3.05, 3.63) is 41.5 Å². The van der Waals surface area contributed by atoms with Gasteiger partial charge in [-0.1, -0.05) is 37.3 Å². The molecule has 0 amide bonds. The van der Waals surface area contributed by atoms with Gasteiger partial charge in [0.15, 0.2) is 0 Å². The molecular formula is C15H19NO. The SMILES string of the molecule is CC(=O)[C@@H](C)c1ccc(C2=CCNCC2)cc1. The highest BCUT2D eigenvalue weighted by atomic mass is 16.1. The van der Waals surface area contributed by atoms with Gasteiger partial charge in [-0.2, -0.15) is 0 Å². The van der Waals surface area contributed by atoms with Gasteiger partial charge in [0.25, 0.3) is 0 Å². The van der Waals surface area contributed by atoms with E-state index in [-0.39, 0.29) is 11.7 Å². The van der Waals surface area contributed by atoms with Gasteiger partial charge in [-0.15, -0.1) is 0 Å². The predicted octanol–water partition coefficient (Wildman–Crippen LogP) is 2.76. The van der Waals surface area contributed by atoms with Crippen LogP contribution in [-0.2, 0) is 4.79 Å². The van der Waals surface area contributed by atoms with Crippen LogP contribution < -0.4 is 5.32 Å². The molecule has 90 valence electrons. The van der Waals surface area contributed by atoms with E-state index in [0.717, 1.165) is 25.1 Å². The quantitative estimate of drug-likeness (QED) is 0.863.